The van der Waals surface area contributed by atoms with Crippen molar-refractivity contribution in [2.45, 2.75) is 43.5 Å². The minimum Gasteiger partial charge on any atom is -0.494 e. The molecule has 0 saturated carbocycles. The molecule has 1 fully saturated rings. The second-order valence-electron chi connectivity index (χ2n) is 12.3. The molecule has 15 heteroatoms. The number of ether oxygens (including phenoxy) is 8. The van der Waals surface area contributed by atoms with Crippen molar-refractivity contribution >= 4 is 22.1 Å². The molecule has 5 rings (SSSR count). The molecule has 4 aromatic rings. The van der Waals surface area contributed by atoms with E-state index in [2.05, 4.69) is 11.8 Å². The summed E-state index contributed by atoms with van der Waals surface area (Å²) in [5.41, 5.74) is 0.220. The average Bonchev–Trinajstić information content (AvgIpc) is 3.57. The van der Waals surface area contributed by atoms with Crippen LogP contribution in [0.25, 0.3) is 0 Å². The van der Waals surface area contributed by atoms with Gasteiger partial charge in [0.05, 0.1) is 27.9 Å². The van der Waals surface area contributed by atoms with Crippen LogP contribution in [0.4, 0.5) is 9.59 Å². The van der Waals surface area contributed by atoms with E-state index in [1.165, 1.54) is 57.7 Å². The molecule has 0 aromatic heterocycles. The standard InChI is InChI=1S/C41H43NO13S/c1-7-9-25-51-40(29-20-22-31(23-21-29)50-24-8-2)28-36(41(55-40,56(6,45)46)30-26-34(47-3)37(49-5)35(27-30)48-4)42(38(43)52-32-16-12-10-13-17-32)54-39(44)53-33-18-14-11-15-19-33/h10-23,26-27,36H,8,24-25,28H2,1-6H3. The van der Waals surface area contributed by atoms with Crippen molar-refractivity contribution in [3.63, 3.8) is 0 Å². The van der Waals surface area contributed by atoms with E-state index in [1.54, 1.807) is 67.6 Å². The van der Waals surface area contributed by atoms with Crippen LogP contribution in [-0.4, -0.2) is 72.6 Å². The largest absolute Gasteiger partial charge is 0.539 e. The predicted molar refractivity (Wildman–Crippen MR) is 203 cm³/mol. The zero-order chi connectivity index (χ0) is 40.3. The van der Waals surface area contributed by atoms with Crippen molar-refractivity contribution < 1.29 is 60.7 Å². The number of hydroxylamine groups is 2. The van der Waals surface area contributed by atoms with Gasteiger partial charge >= 0.3 is 12.2 Å². The fourth-order valence-corrected chi connectivity index (χ4v) is 7.70. The van der Waals surface area contributed by atoms with Gasteiger partial charge in [-0.25, -0.2) is 18.0 Å². The maximum Gasteiger partial charge on any atom is 0.539 e. The lowest BCUT2D eigenvalue weighted by molar-refractivity contribution is -0.241. The molecular formula is C41H43NO13S. The molecule has 0 spiro atoms. The van der Waals surface area contributed by atoms with Gasteiger partial charge in [-0.2, -0.15) is 0 Å². The number of carbonyl (C=O) groups is 2. The summed E-state index contributed by atoms with van der Waals surface area (Å²) in [4.78, 5) is 31.0. The molecule has 0 bridgehead atoms. The van der Waals surface area contributed by atoms with Gasteiger partial charge in [-0.15, -0.1) is 11.0 Å². The maximum absolute atomic E-state index is 14.7. The van der Waals surface area contributed by atoms with Crippen molar-refractivity contribution in [3.05, 3.63) is 108 Å². The van der Waals surface area contributed by atoms with Crippen molar-refractivity contribution in [1.82, 2.24) is 5.06 Å². The van der Waals surface area contributed by atoms with Crippen LogP contribution in [0.15, 0.2) is 97.1 Å². The Morgan fingerprint density at radius 2 is 1.41 bits per heavy atom. The second kappa shape index (κ2) is 18.1. The first-order chi connectivity index (χ1) is 26.9. The molecule has 296 valence electrons. The first-order valence-corrected chi connectivity index (χ1v) is 19.3. The summed E-state index contributed by atoms with van der Waals surface area (Å²) in [5, 5.41) is 0.484. The van der Waals surface area contributed by atoms with Crippen molar-refractivity contribution in [2.24, 2.45) is 0 Å². The lowest BCUT2D eigenvalue weighted by atomic mass is 9.95. The zero-order valence-electron chi connectivity index (χ0n) is 31.8. The average molecular weight is 790 g/mol. The number of hydrogen-bond donors (Lipinski definition) is 0. The molecular weight excluding hydrogens is 747 g/mol. The third-order valence-electron chi connectivity index (χ3n) is 8.69. The minimum atomic E-state index is -4.61. The fourth-order valence-electron chi connectivity index (χ4n) is 6.20. The van der Waals surface area contributed by atoms with E-state index < -0.39 is 45.3 Å². The summed E-state index contributed by atoms with van der Waals surface area (Å²) in [6, 6.07) is 23.5. The van der Waals surface area contributed by atoms with E-state index in [1.807, 2.05) is 6.92 Å². The topological polar surface area (TPSA) is 155 Å². The molecule has 0 N–H and O–H groups in total. The zero-order valence-corrected chi connectivity index (χ0v) is 32.6. The third kappa shape index (κ3) is 8.78. The third-order valence-corrected chi connectivity index (χ3v) is 10.4. The molecule has 3 unspecified atom stereocenters. The first-order valence-electron chi connectivity index (χ1n) is 17.4. The second-order valence-corrected chi connectivity index (χ2v) is 14.4. The molecule has 4 aromatic carbocycles. The molecule has 1 saturated heterocycles. The highest BCUT2D eigenvalue weighted by Gasteiger charge is 2.68. The Hall–Kier alpha value is -5.95. The lowest BCUT2D eigenvalue weighted by Gasteiger charge is -2.38. The normalized spacial score (nSPS) is 18.8. The van der Waals surface area contributed by atoms with Gasteiger partial charge in [0.2, 0.25) is 16.5 Å². The Labute approximate surface area is 325 Å². The van der Waals surface area contributed by atoms with Crippen molar-refractivity contribution in [3.8, 4) is 46.3 Å². The Morgan fingerprint density at radius 3 is 1.93 bits per heavy atom. The smallest absolute Gasteiger partial charge is 0.494 e. The van der Waals surface area contributed by atoms with Crippen LogP contribution in [0, 0.1) is 11.8 Å². The monoisotopic (exact) mass is 789 g/mol. The van der Waals surface area contributed by atoms with Crippen LogP contribution in [-0.2, 0) is 34.9 Å². The number of hydrogen-bond acceptors (Lipinski definition) is 13. The van der Waals surface area contributed by atoms with Crippen LogP contribution in [0.3, 0.4) is 0 Å². The Kier molecular flexibility index (Phi) is 13.3. The van der Waals surface area contributed by atoms with Gasteiger partial charge in [-0.1, -0.05) is 49.2 Å². The molecule has 0 aliphatic carbocycles. The number of nitrogens with zero attached hydrogens (tertiary/aromatic N) is 1. The van der Waals surface area contributed by atoms with Gasteiger partial charge in [0.1, 0.15) is 29.9 Å². The SMILES string of the molecule is CC#CCOC1(c2ccc(OCCC)cc2)CC(N(OC(=O)Oc2ccccc2)C(=O)Oc2ccccc2)C(c2cc(OC)c(OC)c(OC)c2)(S(C)(=O)=O)O1. The number of sulfone groups is 1. The molecule has 0 radical (unpaired) electrons. The molecule has 1 heterocycles. The summed E-state index contributed by atoms with van der Waals surface area (Å²) < 4.78 is 76.4. The number of para-hydroxylation sites is 2. The van der Waals surface area contributed by atoms with Crippen molar-refractivity contribution in [1.29, 1.82) is 0 Å². The number of benzene rings is 4. The fraction of sp³-hybridized carbons (Fsp3) is 0.317. The molecule has 1 aliphatic rings. The van der Waals surface area contributed by atoms with Crippen LogP contribution in [0.2, 0.25) is 0 Å². The van der Waals surface area contributed by atoms with Gasteiger partial charge in [-0.05, 0) is 74.0 Å². The summed E-state index contributed by atoms with van der Waals surface area (Å²) in [6.45, 7) is 3.80. The van der Waals surface area contributed by atoms with Gasteiger partial charge in [-0.3, -0.25) is 4.84 Å². The molecule has 1 amide bonds. The van der Waals surface area contributed by atoms with E-state index in [0.29, 0.717) is 23.0 Å². The van der Waals surface area contributed by atoms with Crippen LogP contribution in [0.1, 0.15) is 37.8 Å². The maximum atomic E-state index is 14.7. The van der Waals surface area contributed by atoms with Crippen LogP contribution in [0.5, 0.6) is 34.5 Å². The molecule has 3 atom stereocenters. The number of methoxy groups -OCH3 is 3. The Morgan fingerprint density at radius 1 is 0.821 bits per heavy atom. The van der Waals surface area contributed by atoms with Gasteiger partial charge < -0.3 is 37.9 Å². The highest BCUT2D eigenvalue weighted by Crippen LogP contribution is 2.57. The summed E-state index contributed by atoms with van der Waals surface area (Å²) >= 11 is 0. The highest BCUT2D eigenvalue weighted by molar-refractivity contribution is 7.91. The van der Waals surface area contributed by atoms with Crippen LogP contribution < -0.4 is 28.4 Å². The Bertz CT molecular complexity index is 2110. The van der Waals surface area contributed by atoms with Gasteiger partial charge in [0, 0.05) is 23.8 Å². The van der Waals surface area contributed by atoms with E-state index in [0.717, 1.165) is 12.7 Å². The van der Waals surface area contributed by atoms with E-state index in [9.17, 15) is 18.0 Å². The van der Waals surface area contributed by atoms with Crippen LogP contribution >= 0.6 is 0 Å². The number of rotatable bonds is 14. The van der Waals surface area contributed by atoms with E-state index >= 15 is 0 Å². The summed E-state index contributed by atoms with van der Waals surface area (Å²) in [6.07, 6.45) is -1.47. The van der Waals surface area contributed by atoms with Crippen molar-refractivity contribution in [2.75, 3.05) is 40.8 Å². The summed E-state index contributed by atoms with van der Waals surface area (Å²) in [7, 11) is -0.516. The minimum absolute atomic E-state index is 0.0579. The van der Waals surface area contributed by atoms with E-state index in [4.69, 9.17) is 42.7 Å². The summed E-state index contributed by atoms with van der Waals surface area (Å²) in [5.74, 6) is 4.54. The predicted octanol–water partition coefficient (Wildman–Crippen LogP) is 7.01. The lowest BCUT2D eigenvalue weighted by Crippen LogP contribution is -2.55. The van der Waals surface area contributed by atoms with Gasteiger partial charge in [0.25, 0.3) is 0 Å². The van der Waals surface area contributed by atoms with E-state index in [-0.39, 0.29) is 40.9 Å². The molecule has 1 aliphatic heterocycles. The molecule has 56 heavy (non-hydrogen) atoms. The van der Waals surface area contributed by atoms with Gasteiger partial charge in [0.15, 0.2) is 21.3 Å². The number of carbonyl (C=O) groups excluding carboxylic acids is 2. The highest BCUT2D eigenvalue weighted by atomic mass is 32.2. The Balaban J connectivity index is 1.80. The quantitative estimate of drug-likeness (QED) is 0.0557. The number of amides is 1. The first kappa shape index (κ1) is 41.2. The molecule has 14 nitrogen and oxygen atoms in total.